The quantitative estimate of drug-likeness (QED) is 0.528. The highest BCUT2D eigenvalue weighted by atomic mass is 35.5. The summed E-state index contributed by atoms with van der Waals surface area (Å²) in [4.78, 5) is 15.5. The van der Waals surface area contributed by atoms with E-state index >= 15 is 0 Å². The lowest BCUT2D eigenvalue weighted by Crippen LogP contribution is -2.17. The van der Waals surface area contributed by atoms with Crippen molar-refractivity contribution in [2.75, 3.05) is 11.8 Å². The Morgan fingerprint density at radius 1 is 1.19 bits per heavy atom. The molecule has 0 saturated heterocycles. The van der Waals surface area contributed by atoms with Gasteiger partial charge in [-0.05, 0) is 53.6 Å². The minimum Gasteiger partial charge on any atom is -0.495 e. The SMILES string of the molecule is COc1ccc(C2=NN(C=O)C(c3ccc(Cl)cc3)C2)cc1S(=O)(=O)Nc1cccnc1. The van der Waals surface area contributed by atoms with Gasteiger partial charge in [0.1, 0.15) is 10.6 Å². The summed E-state index contributed by atoms with van der Waals surface area (Å²) >= 11 is 5.97. The van der Waals surface area contributed by atoms with Gasteiger partial charge < -0.3 is 4.74 Å². The molecule has 0 saturated carbocycles. The number of hydrazone groups is 1. The number of nitrogens with zero attached hydrogens (tertiary/aromatic N) is 3. The average molecular weight is 471 g/mol. The van der Waals surface area contributed by atoms with Gasteiger partial charge in [0.15, 0.2) is 0 Å². The maximum Gasteiger partial charge on any atom is 0.265 e. The van der Waals surface area contributed by atoms with Crippen molar-refractivity contribution in [2.24, 2.45) is 5.10 Å². The van der Waals surface area contributed by atoms with Gasteiger partial charge in [-0.25, -0.2) is 13.4 Å². The number of ether oxygens (including phenoxy) is 1. The number of carbonyl (C=O) groups excluding carboxylic acids is 1. The summed E-state index contributed by atoms with van der Waals surface area (Å²) < 4.78 is 33.9. The van der Waals surface area contributed by atoms with E-state index < -0.39 is 10.0 Å². The lowest BCUT2D eigenvalue weighted by Gasteiger charge is -2.17. The molecule has 0 fully saturated rings. The largest absolute Gasteiger partial charge is 0.495 e. The molecule has 1 aliphatic heterocycles. The summed E-state index contributed by atoms with van der Waals surface area (Å²) in [6, 6.07) is 14.9. The second-order valence-electron chi connectivity index (χ2n) is 7.02. The van der Waals surface area contributed by atoms with Crippen molar-refractivity contribution < 1.29 is 17.9 Å². The third kappa shape index (κ3) is 4.44. The lowest BCUT2D eigenvalue weighted by molar-refractivity contribution is -0.119. The van der Waals surface area contributed by atoms with E-state index in [1.54, 1.807) is 42.6 Å². The Bertz CT molecular complexity index is 1260. The number of aromatic nitrogens is 1. The van der Waals surface area contributed by atoms with E-state index in [1.165, 1.54) is 24.4 Å². The summed E-state index contributed by atoms with van der Waals surface area (Å²) in [6.07, 6.45) is 4.03. The van der Waals surface area contributed by atoms with E-state index in [0.29, 0.717) is 34.8 Å². The molecule has 1 N–H and O–H groups in total. The number of halogens is 1. The van der Waals surface area contributed by atoms with Gasteiger partial charge in [0.2, 0.25) is 6.41 Å². The van der Waals surface area contributed by atoms with Gasteiger partial charge in [-0.1, -0.05) is 23.7 Å². The summed E-state index contributed by atoms with van der Waals surface area (Å²) in [6.45, 7) is 0. The summed E-state index contributed by atoms with van der Waals surface area (Å²) in [5, 5.41) is 6.32. The Hall–Kier alpha value is -3.43. The van der Waals surface area contributed by atoms with Crippen LogP contribution in [0.4, 0.5) is 5.69 Å². The second kappa shape index (κ2) is 8.97. The summed E-state index contributed by atoms with van der Waals surface area (Å²) in [5.41, 5.74) is 2.35. The van der Waals surface area contributed by atoms with Crippen molar-refractivity contribution in [2.45, 2.75) is 17.4 Å². The molecule has 0 aliphatic carbocycles. The van der Waals surface area contributed by atoms with Crippen LogP contribution in [0, 0.1) is 0 Å². The predicted octanol–water partition coefficient (Wildman–Crippen LogP) is 3.85. The molecule has 164 valence electrons. The second-order valence-corrected chi connectivity index (χ2v) is 9.10. The number of carbonyl (C=O) groups is 1. The van der Waals surface area contributed by atoms with Crippen molar-refractivity contribution in [1.82, 2.24) is 9.99 Å². The molecule has 0 bridgehead atoms. The first kappa shape index (κ1) is 21.8. The van der Waals surface area contributed by atoms with Crippen LogP contribution < -0.4 is 9.46 Å². The Morgan fingerprint density at radius 2 is 1.97 bits per heavy atom. The molecule has 1 aliphatic rings. The number of hydrogen-bond acceptors (Lipinski definition) is 6. The molecule has 1 atom stereocenters. The van der Waals surface area contributed by atoms with Gasteiger partial charge in [0.25, 0.3) is 10.0 Å². The normalized spacial score (nSPS) is 15.9. The van der Waals surface area contributed by atoms with Crippen LogP contribution >= 0.6 is 11.6 Å². The van der Waals surface area contributed by atoms with Crippen LogP contribution in [0.5, 0.6) is 5.75 Å². The zero-order valence-corrected chi connectivity index (χ0v) is 18.5. The molecule has 1 unspecified atom stereocenters. The van der Waals surface area contributed by atoms with E-state index in [1.807, 2.05) is 12.1 Å². The molecule has 1 aromatic heterocycles. The molecule has 0 spiro atoms. The van der Waals surface area contributed by atoms with Crippen molar-refractivity contribution in [3.8, 4) is 5.75 Å². The highest BCUT2D eigenvalue weighted by Gasteiger charge is 2.30. The summed E-state index contributed by atoms with van der Waals surface area (Å²) in [7, 11) is -2.57. The van der Waals surface area contributed by atoms with Crippen molar-refractivity contribution in [1.29, 1.82) is 0 Å². The number of sulfonamides is 1. The Morgan fingerprint density at radius 3 is 2.62 bits per heavy atom. The molecule has 4 rings (SSSR count). The number of nitrogens with one attached hydrogen (secondary N) is 1. The molecular weight excluding hydrogens is 452 g/mol. The van der Waals surface area contributed by atoms with E-state index in [2.05, 4.69) is 14.8 Å². The first-order valence-corrected chi connectivity index (χ1v) is 11.5. The van der Waals surface area contributed by atoms with E-state index in [0.717, 1.165) is 5.56 Å². The highest BCUT2D eigenvalue weighted by Crippen LogP contribution is 2.34. The average Bonchev–Trinajstić information content (AvgIpc) is 3.24. The molecule has 2 aromatic carbocycles. The van der Waals surface area contributed by atoms with Crippen LogP contribution in [0.3, 0.4) is 0 Å². The number of rotatable bonds is 7. The minimum absolute atomic E-state index is 0.0448. The molecule has 2 heterocycles. The fourth-order valence-corrected chi connectivity index (χ4v) is 4.82. The number of pyridine rings is 1. The zero-order chi connectivity index (χ0) is 22.7. The van der Waals surface area contributed by atoms with E-state index in [4.69, 9.17) is 16.3 Å². The van der Waals surface area contributed by atoms with Crippen LogP contribution in [0.15, 0.2) is 77.0 Å². The maximum absolute atomic E-state index is 13.0. The smallest absolute Gasteiger partial charge is 0.265 e. The molecule has 10 heteroatoms. The number of amides is 1. The molecule has 3 aromatic rings. The van der Waals surface area contributed by atoms with Crippen LogP contribution in [0.1, 0.15) is 23.6 Å². The standard InChI is InChI=1S/C22H19ClN4O4S/c1-31-21-9-6-16(11-22(21)32(29,30)26-18-3-2-10-24-13-18)19-12-20(27(14-28)25-19)15-4-7-17(23)8-5-15/h2-11,13-14,20,26H,12H2,1H3. The van der Waals surface area contributed by atoms with Gasteiger partial charge in [0.05, 0.1) is 30.7 Å². The Balaban J connectivity index is 1.67. The van der Waals surface area contributed by atoms with Gasteiger partial charge in [-0.3, -0.25) is 14.5 Å². The van der Waals surface area contributed by atoms with Crippen molar-refractivity contribution in [3.63, 3.8) is 0 Å². The molecule has 1 amide bonds. The van der Waals surface area contributed by atoms with Gasteiger partial charge in [-0.15, -0.1) is 0 Å². The fourth-order valence-electron chi connectivity index (χ4n) is 3.45. The van der Waals surface area contributed by atoms with Crippen molar-refractivity contribution >= 4 is 39.4 Å². The fraction of sp³-hybridized carbons (Fsp3) is 0.136. The first-order chi connectivity index (χ1) is 15.4. The van der Waals surface area contributed by atoms with Crippen LogP contribution in [-0.2, 0) is 14.8 Å². The number of methoxy groups -OCH3 is 1. The molecule has 32 heavy (non-hydrogen) atoms. The Labute approximate surface area is 190 Å². The van der Waals surface area contributed by atoms with E-state index in [9.17, 15) is 13.2 Å². The minimum atomic E-state index is -3.97. The monoisotopic (exact) mass is 470 g/mol. The van der Waals surface area contributed by atoms with Crippen molar-refractivity contribution in [3.05, 3.63) is 83.1 Å². The predicted molar refractivity (Wildman–Crippen MR) is 121 cm³/mol. The Kier molecular flexibility index (Phi) is 6.11. The van der Waals surface area contributed by atoms with Gasteiger partial charge >= 0.3 is 0 Å². The molecule has 0 radical (unpaired) electrons. The first-order valence-electron chi connectivity index (χ1n) is 9.59. The van der Waals surface area contributed by atoms with Crippen LogP contribution in [0.25, 0.3) is 0 Å². The molecular formula is C22H19ClN4O4S. The number of hydrogen-bond donors (Lipinski definition) is 1. The number of anilines is 1. The summed E-state index contributed by atoms with van der Waals surface area (Å²) in [5.74, 6) is 0.185. The zero-order valence-electron chi connectivity index (χ0n) is 17.0. The molecule has 8 nitrogen and oxygen atoms in total. The topological polar surface area (TPSA) is 101 Å². The maximum atomic E-state index is 13.0. The third-order valence-corrected chi connectivity index (χ3v) is 6.66. The number of benzene rings is 2. The van der Waals surface area contributed by atoms with Crippen LogP contribution in [0.2, 0.25) is 5.02 Å². The third-order valence-electron chi connectivity index (χ3n) is 5.01. The lowest BCUT2D eigenvalue weighted by atomic mass is 9.98. The highest BCUT2D eigenvalue weighted by molar-refractivity contribution is 7.92. The van der Waals surface area contributed by atoms with Gasteiger partial charge in [-0.2, -0.15) is 5.10 Å². The van der Waals surface area contributed by atoms with Gasteiger partial charge in [0, 0.05) is 17.6 Å². The van der Waals surface area contributed by atoms with E-state index in [-0.39, 0.29) is 16.7 Å². The van der Waals surface area contributed by atoms with Crippen LogP contribution in [-0.4, -0.2) is 37.6 Å².